The summed E-state index contributed by atoms with van der Waals surface area (Å²) in [5.41, 5.74) is 1.07. The zero-order chi connectivity index (χ0) is 13.7. The molecule has 0 spiro atoms. The highest BCUT2D eigenvalue weighted by Gasteiger charge is 2.32. The molecule has 2 rings (SSSR count). The number of rotatable bonds is 3. The number of nitrogens with one attached hydrogen (secondary N) is 1. The number of carboxylic acids is 1. The fourth-order valence-corrected chi connectivity index (χ4v) is 3.01. The number of hydrogen-bond acceptors (Lipinski definition) is 5. The summed E-state index contributed by atoms with van der Waals surface area (Å²) in [7, 11) is 0. The van der Waals surface area contributed by atoms with E-state index < -0.39 is 11.2 Å². The maximum absolute atomic E-state index is 11.5. The van der Waals surface area contributed by atoms with Crippen LogP contribution in [0.4, 0.5) is 0 Å². The van der Waals surface area contributed by atoms with Crippen molar-refractivity contribution in [2.24, 2.45) is 10.2 Å². The van der Waals surface area contributed by atoms with Crippen molar-refractivity contribution < 1.29 is 14.7 Å². The summed E-state index contributed by atoms with van der Waals surface area (Å²) in [6.45, 7) is 0. The van der Waals surface area contributed by atoms with Crippen LogP contribution >= 0.6 is 11.8 Å². The van der Waals surface area contributed by atoms with E-state index in [4.69, 9.17) is 5.11 Å². The minimum atomic E-state index is -0.982. The Kier molecular flexibility index (Phi) is 4.95. The Hall–Kier alpha value is -1.37. The van der Waals surface area contributed by atoms with Crippen molar-refractivity contribution in [3.05, 3.63) is 0 Å². The molecule has 0 aromatic heterocycles. The first-order valence-electron chi connectivity index (χ1n) is 6.48. The molecule has 1 heterocycles. The Labute approximate surface area is 115 Å². The fourth-order valence-electron chi connectivity index (χ4n) is 2.10. The molecule has 2 N–H and O–H groups in total. The second-order valence-corrected chi connectivity index (χ2v) is 5.87. The van der Waals surface area contributed by atoms with E-state index in [1.807, 2.05) is 0 Å². The van der Waals surface area contributed by atoms with Gasteiger partial charge in [-0.1, -0.05) is 24.6 Å². The van der Waals surface area contributed by atoms with Crippen LogP contribution in [0.3, 0.4) is 0 Å². The summed E-state index contributed by atoms with van der Waals surface area (Å²) in [5.74, 6) is -1.28. The van der Waals surface area contributed by atoms with Gasteiger partial charge in [0.2, 0.25) is 5.91 Å². The lowest BCUT2D eigenvalue weighted by Gasteiger charge is -1.98. The van der Waals surface area contributed by atoms with Crippen LogP contribution in [0.5, 0.6) is 0 Å². The van der Waals surface area contributed by atoms with Gasteiger partial charge in [-0.15, -0.1) is 5.10 Å². The van der Waals surface area contributed by atoms with Crippen molar-refractivity contribution in [1.82, 2.24) is 5.32 Å². The summed E-state index contributed by atoms with van der Waals surface area (Å²) < 4.78 is 0. The van der Waals surface area contributed by atoms with Gasteiger partial charge in [0.05, 0.1) is 6.42 Å². The van der Waals surface area contributed by atoms with E-state index in [-0.39, 0.29) is 12.3 Å². The third-order valence-corrected chi connectivity index (χ3v) is 4.17. The monoisotopic (exact) mass is 283 g/mol. The van der Waals surface area contributed by atoms with Gasteiger partial charge >= 0.3 is 5.97 Å². The topological polar surface area (TPSA) is 91.1 Å². The molecule has 19 heavy (non-hydrogen) atoms. The first kappa shape index (κ1) is 14.0. The molecule has 2 aliphatic rings. The smallest absolute Gasteiger partial charge is 0.305 e. The van der Waals surface area contributed by atoms with E-state index in [0.717, 1.165) is 43.2 Å². The summed E-state index contributed by atoms with van der Waals surface area (Å²) in [4.78, 5) is 22.1. The van der Waals surface area contributed by atoms with Gasteiger partial charge in [-0.3, -0.25) is 9.59 Å². The molecule has 0 bridgehead atoms. The molecule has 0 radical (unpaired) electrons. The molecule has 7 heteroatoms. The second kappa shape index (κ2) is 6.70. The first-order valence-corrected chi connectivity index (χ1v) is 7.36. The summed E-state index contributed by atoms with van der Waals surface area (Å²) in [6.07, 6.45) is 6.51. The largest absolute Gasteiger partial charge is 0.481 e. The predicted molar refractivity (Wildman–Crippen MR) is 74.3 cm³/mol. The van der Waals surface area contributed by atoms with Gasteiger partial charge in [0.15, 0.2) is 5.17 Å². The maximum Gasteiger partial charge on any atom is 0.305 e. The number of nitrogens with zero attached hydrogens (tertiary/aromatic N) is 2. The van der Waals surface area contributed by atoms with Gasteiger partial charge in [0.25, 0.3) is 0 Å². The molecule has 0 aromatic rings. The van der Waals surface area contributed by atoms with Crippen LogP contribution in [-0.2, 0) is 9.59 Å². The molecule has 2 fully saturated rings. The van der Waals surface area contributed by atoms with E-state index in [0.29, 0.717) is 5.17 Å². The van der Waals surface area contributed by atoms with Crippen molar-refractivity contribution in [2.75, 3.05) is 0 Å². The molecule has 6 nitrogen and oxygen atoms in total. The molecular formula is C12H17N3O3S. The number of hydrogen-bond donors (Lipinski definition) is 2. The van der Waals surface area contributed by atoms with E-state index in [2.05, 4.69) is 15.5 Å². The van der Waals surface area contributed by atoms with Crippen molar-refractivity contribution in [3.63, 3.8) is 0 Å². The zero-order valence-electron chi connectivity index (χ0n) is 10.6. The quantitative estimate of drug-likeness (QED) is 0.610. The Bertz CT molecular complexity index is 424. The second-order valence-electron chi connectivity index (χ2n) is 4.68. The van der Waals surface area contributed by atoms with Crippen molar-refractivity contribution in [2.45, 2.75) is 50.2 Å². The average Bonchev–Trinajstić information content (AvgIpc) is 2.57. The van der Waals surface area contributed by atoms with Crippen LogP contribution in [0.2, 0.25) is 0 Å². The van der Waals surface area contributed by atoms with Crippen LogP contribution in [0.25, 0.3) is 0 Å². The van der Waals surface area contributed by atoms with E-state index >= 15 is 0 Å². The Morgan fingerprint density at radius 1 is 1.26 bits per heavy atom. The van der Waals surface area contributed by atoms with Crippen LogP contribution in [0.1, 0.15) is 44.9 Å². The number of amides is 1. The van der Waals surface area contributed by atoms with Gasteiger partial charge < -0.3 is 10.4 Å². The molecule has 1 atom stereocenters. The minimum absolute atomic E-state index is 0.188. The molecule has 1 aliphatic heterocycles. The van der Waals surface area contributed by atoms with Crippen LogP contribution in [0.15, 0.2) is 10.2 Å². The highest BCUT2D eigenvalue weighted by atomic mass is 32.2. The minimum Gasteiger partial charge on any atom is -0.481 e. The van der Waals surface area contributed by atoms with Crippen molar-refractivity contribution in [1.29, 1.82) is 0 Å². The lowest BCUT2D eigenvalue weighted by molar-refractivity contribution is -0.138. The average molecular weight is 283 g/mol. The maximum atomic E-state index is 11.5. The third-order valence-electron chi connectivity index (χ3n) is 3.10. The predicted octanol–water partition coefficient (Wildman–Crippen LogP) is 1.76. The normalized spacial score (nSPS) is 26.1. The standard InChI is InChI=1S/C12H17N3O3S/c16-10(17)7-9-11(18)13-12(19-9)15-14-8-5-3-1-2-4-6-8/h9H,1-7H2,(H,16,17)(H,13,15,18). The first-order chi connectivity index (χ1) is 9.15. The van der Waals surface area contributed by atoms with E-state index in [1.54, 1.807) is 0 Å². The molecule has 1 saturated carbocycles. The Morgan fingerprint density at radius 3 is 2.58 bits per heavy atom. The fraction of sp³-hybridized carbons (Fsp3) is 0.667. The van der Waals surface area contributed by atoms with Crippen molar-refractivity contribution in [3.8, 4) is 0 Å². The SMILES string of the molecule is O=C(O)CC1S/C(=N\N=C2CCCCCC2)NC1=O. The zero-order valence-corrected chi connectivity index (χ0v) is 11.4. The number of aliphatic carboxylic acids is 1. The van der Waals surface area contributed by atoms with E-state index in [9.17, 15) is 9.59 Å². The summed E-state index contributed by atoms with van der Waals surface area (Å²) >= 11 is 1.14. The van der Waals surface area contributed by atoms with Crippen LogP contribution in [-0.4, -0.2) is 33.1 Å². The Balaban J connectivity index is 1.95. The number of thioether (sulfide) groups is 1. The number of carbonyl (C=O) groups excluding carboxylic acids is 1. The highest BCUT2D eigenvalue weighted by Crippen LogP contribution is 2.22. The Morgan fingerprint density at radius 2 is 1.95 bits per heavy atom. The van der Waals surface area contributed by atoms with Gasteiger partial charge in [0, 0.05) is 5.71 Å². The summed E-state index contributed by atoms with van der Waals surface area (Å²) in [5, 5.41) is 19.3. The third kappa shape index (κ3) is 4.34. The molecule has 104 valence electrons. The van der Waals surface area contributed by atoms with Crippen molar-refractivity contribution >= 4 is 34.5 Å². The summed E-state index contributed by atoms with van der Waals surface area (Å²) in [6, 6.07) is 0. The molecule has 1 saturated heterocycles. The number of carboxylic acid groups (broad SMARTS) is 1. The van der Waals surface area contributed by atoms with Gasteiger partial charge in [0.1, 0.15) is 5.25 Å². The van der Waals surface area contributed by atoms with Gasteiger partial charge in [-0.2, -0.15) is 5.10 Å². The van der Waals surface area contributed by atoms with Crippen LogP contribution in [0, 0.1) is 0 Å². The molecule has 1 amide bonds. The molecule has 0 aromatic carbocycles. The van der Waals surface area contributed by atoms with Crippen LogP contribution < -0.4 is 5.32 Å². The molecular weight excluding hydrogens is 266 g/mol. The molecule has 1 unspecified atom stereocenters. The van der Waals surface area contributed by atoms with Gasteiger partial charge in [-0.05, 0) is 25.7 Å². The lowest BCUT2D eigenvalue weighted by Crippen LogP contribution is -2.26. The number of carbonyl (C=O) groups is 2. The lowest BCUT2D eigenvalue weighted by atomic mass is 10.2. The van der Waals surface area contributed by atoms with Gasteiger partial charge in [-0.25, -0.2) is 0 Å². The van der Waals surface area contributed by atoms with E-state index in [1.165, 1.54) is 12.8 Å². The number of amidine groups is 1. The highest BCUT2D eigenvalue weighted by molar-refractivity contribution is 8.15. The molecule has 1 aliphatic carbocycles.